The van der Waals surface area contributed by atoms with E-state index in [9.17, 15) is 4.79 Å². The highest BCUT2D eigenvalue weighted by atomic mass is 16.1. The van der Waals surface area contributed by atoms with Gasteiger partial charge in [-0.05, 0) is 41.7 Å². The number of hydrogen-bond acceptors (Lipinski definition) is 2. The van der Waals surface area contributed by atoms with Crippen LogP contribution in [-0.2, 0) is 11.2 Å². The van der Waals surface area contributed by atoms with Gasteiger partial charge in [0.2, 0.25) is 5.91 Å². The lowest BCUT2D eigenvalue weighted by Crippen LogP contribution is -2.16. The van der Waals surface area contributed by atoms with E-state index in [-0.39, 0.29) is 5.91 Å². The molecule has 0 aliphatic carbocycles. The largest absolute Gasteiger partial charge is 0.384 e. The van der Waals surface area contributed by atoms with Crippen LogP contribution in [0.1, 0.15) is 44.2 Å². The highest BCUT2D eigenvalue weighted by molar-refractivity contribution is 5.91. The zero-order valence-electron chi connectivity index (χ0n) is 14.2. The Kier molecular flexibility index (Phi) is 6.21. The minimum absolute atomic E-state index is 0.0313. The van der Waals surface area contributed by atoms with Crippen LogP contribution in [0.4, 0.5) is 11.4 Å². The second-order valence-electron chi connectivity index (χ2n) is 6.02. The third kappa shape index (κ3) is 5.13. The first-order chi connectivity index (χ1) is 11.1. The molecule has 0 aliphatic rings. The average molecular weight is 310 g/mol. The molecule has 2 N–H and O–H groups in total. The highest BCUT2D eigenvalue weighted by Crippen LogP contribution is 2.23. The fraction of sp³-hybridized carbons (Fsp3) is 0.350. The molecule has 0 atom stereocenters. The van der Waals surface area contributed by atoms with Gasteiger partial charge in [0.15, 0.2) is 0 Å². The number of carbonyl (C=O) groups excluding carboxylic acids is 1. The van der Waals surface area contributed by atoms with E-state index in [1.54, 1.807) is 0 Å². The van der Waals surface area contributed by atoms with Gasteiger partial charge in [0.25, 0.3) is 0 Å². The summed E-state index contributed by atoms with van der Waals surface area (Å²) in [5, 5.41) is 6.31. The van der Waals surface area contributed by atoms with Crippen molar-refractivity contribution in [3.8, 4) is 0 Å². The summed E-state index contributed by atoms with van der Waals surface area (Å²) in [5.74, 6) is 0.494. The van der Waals surface area contributed by atoms with Crippen LogP contribution in [0.25, 0.3) is 0 Å². The summed E-state index contributed by atoms with van der Waals surface area (Å²) in [6.07, 6.45) is 1.45. The lowest BCUT2D eigenvalue weighted by molar-refractivity contribution is -0.115. The number of nitrogens with one attached hydrogen (secondary N) is 2. The average Bonchev–Trinajstić information content (AvgIpc) is 2.56. The van der Waals surface area contributed by atoms with Gasteiger partial charge in [-0.2, -0.15) is 0 Å². The monoisotopic (exact) mass is 310 g/mol. The Morgan fingerprint density at radius 3 is 2.39 bits per heavy atom. The fourth-order valence-corrected chi connectivity index (χ4v) is 2.52. The molecule has 23 heavy (non-hydrogen) atoms. The van der Waals surface area contributed by atoms with Gasteiger partial charge in [-0.15, -0.1) is 0 Å². The van der Waals surface area contributed by atoms with E-state index in [4.69, 9.17) is 0 Å². The highest BCUT2D eigenvalue weighted by Gasteiger charge is 2.06. The van der Waals surface area contributed by atoms with Gasteiger partial charge in [-0.25, -0.2) is 0 Å². The molecular formula is C20H26N2O. The third-order valence-electron chi connectivity index (χ3n) is 3.90. The number of carbonyl (C=O) groups is 1. The van der Waals surface area contributed by atoms with Gasteiger partial charge in [0.1, 0.15) is 0 Å². The van der Waals surface area contributed by atoms with Crippen LogP contribution in [0.15, 0.2) is 48.5 Å². The summed E-state index contributed by atoms with van der Waals surface area (Å²) in [7, 11) is 0. The van der Waals surface area contributed by atoms with E-state index in [1.807, 2.05) is 36.4 Å². The van der Waals surface area contributed by atoms with Crippen LogP contribution in [0.2, 0.25) is 0 Å². The van der Waals surface area contributed by atoms with Crippen LogP contribution in [-0.4, -0.2) is 12.5 Å². The summed E-state index contributed by atoms with van der Waals surface area (Å²) >= 11 is 0. The predicted molar refractivity (Wildman–Crippen MR) is 98.1 cm³/mol. The van der Waals surface area contributed by atoms with Crippen molar-refractivity contribution < 1.29 is 4.79 Å². The quantitative estimate of drug-likeness (QED) is 0.770. The Morgan fingerprint density at radius 2 is 1.74 bits per heavy atom. The van der Waals surface area contributed by atoms with Crippen LogP contribution < -0.4 is 10.6 Å². The number of para-hydroxylation sites is 1. The van der Waals surface area contributed by atoms with Crippen molar-refractivity contribution in [2.24, 2.45) is 0 Å². The summed E-state index contributed by atoms with van der Waals surface area (Å²) in [5.41, 5.74) is 4.52. The summed E-state index contributed by atoms with van der Waals surface area (Å²) < 4.78 is 0. The molecule has 2 aromatic rings. The number of hydrogen-bond donors (Lipinski definition) is 2. The van der Waals surface area contributed by atoms with Gasteiger partial charge in [-0.3, -0.25) is 4.79 Å². The van der Waals surface area contributed by atoms with E-state index in [0.717, 1.165) is 17.8 Å². The molecule has 2 rings (SSSR count). The first-order valence-corrected chi connectivity index (χ1v) is 8.31. The van der Waals surface area contributed by atoms with E-state index in [1.165, 1.54) is 11.1 Å². The van der Waals surface area contributed by atoms with Crippen LogP contribution in [0.5, 0.6) is 0 Å². The number of amides is 1. The van der Waals surface area contributed by atoms with Crippen molar-refractivity contribution in [1.29, 1.82) is 0 Å². The Morgan fingerprint density at radius 1 is 1.04 bits per heavy atom. The molecule has 3 heteroatoms. The number of anilines is 2. The molecule has 0 spiro atoms. The van der Waals surface area contributed by atoms with Crippen molar-refractivity contribution in [2.45, 2.75) is 39.5 Å². The first kappa shape index (κ1) is 17.1. The van der Waals surface area contributed by atoms with Crippen LogP contribution >= 0.6 is 0 Å². The molecule has 0 saturated carbocycles. The first-order valence-electron chi connectivity index (χ1n) is 8.31. The Bertz CT molecular complexity index is 632. The standard InChI is InChI=1S/C20H26N2O/c1-4-16-9-11-17(12-10-16)22-20(23)13-14-21-19-8-6-5-7-18(19)15(2)3/h5-12,15,21H,4,13-14H2,1-3H3,(H,22,23). The molecule has 0 bridgehead atoms. The maximum Gasteiger partial charge on any atom is 0.226 e. The summed E-state index contributed by atoms with van der Waals surface area (Å²) in [6, 6.07) is 16.3. The van der Waals surface area contributed by atoms with Crippen molar-refractivity contribution in [1.82, 2.24) is 0 Å². The lowest BCUT2D eigenvalue weighted by atomic mass is 10.0. The molecule has 0 fully saturated rings. The predicted octanol–water partition coefficient (Wildman–Crippen LogP) is 4.81. The smallest absolute Gasteiger partial charge is 0.226 e. The zero-order chi connectivity index (χ0) is 16.7. The molecule has 2 aromatic carbocycles. The van der Waals surface area contributed by atoms with E-state index >= 15 is 0 Å². The summed E-state index contributed by atoms with van der Waals surface area (Å²) in [4.78, 5) is 12.0. The molecule has 1 amide bonds. The molecule has 0 aromatic heterocycles. The van der Waals surface area contributed by atoms with E-state index in [2.05, 4.69) is 43.5 Å². The Labute approximate surface area is 139 Å². The van der Waals surface area contributed by atoms with Gasteiger partial charge >= 0.3 is 0 Å². The molecule has 122 valence electrons. The normalized spacial score (nSPS) is 10.6. The van der Waals surface area contributed by atoms with Crippen molar-refractivity contribution in [2.75, 3.05) is 17.2 Å². The second-order valence-corrected chi connectivity index (χ2v) is 6.02. The Hall–Kier alpha value is -2.29. The fourth-order valence-electron chi connectivity index (χ4n) is 2.52. The second kappa shape index (κ2) is 8.37. The van der Waals surface area contributed by atoms with Crippen molar-refractivity contribution >= 4 is 17.3 Å². The van der Waals surface area contributed by atoms with Gasteiger partial charge in [0.05, 0.1) is 0 Å². The molecule has 0 saturated heterocycles. The van der Waals surface area contributed by atoms with Gasteiger partial charge in [-0.1, -0.05) is 51.1 Å². The maximum atomic E-state index is 12.0. The SMILES string of the molecule is CCc1ccc(NC(=O)CCNc2ccccc2C(C)C)cc1. The minimum atomic E-state index is 0.0313. The third-order valence-corrected chi connectivity index (χ3v) is 3.90. The zero-order valence-corrected chi connectivity index (χ0v) is 14.2. The molecule has 0 aliphatic heterocycles. The van der Waals surface area contributed by atoms with Crippen molar-refractivity contribution in [3.05, 3.63) is 59.7 Å². The molecule has 3 nitrogen and oxygen atoms in total. The minimum Gasteiger partial charge on any atom is -0.384 e. The topological polar surface area (TPSA) is 41.1 Å². The van der Waals surface area contributed by atoms with E-state index in [0.29, 0.717) is 18.9 Å². The van der Waals surface area contributed by atoms with Gasteiger partial charge in [0, 0.05) is 24.3 Å². The van der Waals surface area contributed by atoms with Crippen molar-refractivity contribution in [3.63, 3.8) is 0 Å². The lowest BCUT2D eigenvalue weighted by Gasteiger charge is -2.14. The Balaban J connectivity index is 1.83. The number of aryl methyl sites for hydroxylation is 1. The molecule has 0 unspecified atom stereocenters. The maximum absolute atomic E-state index is 12.0. The molecule has 0 radical (unpaired) electrons. The van der Waals surface area contributed by atoms with Crippen LogP contribution in [0.3, 0.4) is 0 Å². The number of rotatable bonds is 7. The molecule has 0 heterocycles. The van der Waals surface area contributed by atoms with Crippen LogP contribution in [0, 0.1) is 0 Å². The summed E-state index contributed by atoms with van der Waals surface area (Å²) in [6.45, 7) is 7.09. The molecular weight excluding hydrogens is 284 g/mol. The van der Waals surface area contributed by atoms with E-state index < -0.39 is 0 Å². The number of benzene rings is 2. The van der Waals surface area contributed by atoms with Gasteiger partial charge < -0.3 is 10.6 Å².